The van der Waals surface area contributed by atoms with Crippen molar-refractivity contribution in [2.45, 2.75) is 38.4 Å². The second kappa shape index (κ2) is 8.05. The molecular weight excluding hydrogens is 409 g/mol. The molecule has 0 saturated carbocycles. The van der Waals surface area contributed by atoms with Crippen LogP contribution in [-0.4, -0.2) is 39.4 Å². The quantitative estimate of drug-likeness (QED) is 0.609. The molecule has 4 rings (SSSR count). The molecule has 1 aromatic heterocycles. The average molecular weight is 430 g/mol. The first-order valence-corrected chi connectivity index (χ1v) is 9.93. The van der Waals surface area contributed by atoms with Crippen molar-refractivity contribution < 1.29 is 22.8 Å². The zero-order valence-electron chi connectivity index (χ0n) is 16.8. The molecule has 31 heavy (non-hydrogen) atoms. The Hall–Kier alpha value is -3.36. The van der Waals surface area contributed by atoms with Gasteiger partial charge in [0, 0.05) is 12.2 Å². The van der Waals surface area contributed by atoms with Crippen molar-refractivity contribution in [1.29, 1.82) is 0 Å². The minimum absolute atomic E-state index is 0.00867. The van der Waals surface area contributed by atoms with E-state index in [-0.39, 0.29) is 17.3 Å². The number of alkyl halides is 3. The van der Waals surface area contributed by atoms with Crippen molar-refractivity contribution in [2.24, 2.45) is 0 Å². The summed E-state index contributed by atoms with van der Waals surface area (Å²) in [4.78, 5) is 34.6. The van der Waals surface area contributed by atoms with Gasteiger partial charge in [0.2, 0.25) is 0 Å². The fraction of sp³-hybridized carbons (Fsp3) is 0.318. The summed E-state index contributed by atoms with van der Waals surface area (Å²) < 4.78 is 37.8. The van der Waals surface area contributed by atoms with E-state index in [9.17, 15) is 22.8 Å². The molecule has 2 heterocycles. The number of carbonyl (C=O) groups excluding carboxylic acids is 2. The van der Waals surface area contributed by atoms with E-state index in [1.165, 1.54) is 29.2 Å². The number of amides is 2. The van der Waals surface area contributed by atoms with Gasteiger partial charge in [0.25, 0.3) is 0 Å². The summed E-state index contributed by atoms with van der Waals surface area (Å²) in [5.74, 6) is -1.00. The SMILES string of the molecule is Cc1ccc2nc([C@H]3CCCN3C(=O)C(=O)Nc3cccc(CC(F)(F)F)c3)[nH]c2c1. The maximum absolute atomic E-state index is 12.8. The van der Waals surface area contributed by atoms with Gasteiger partial charge in [-0.1, -0.05) is 18.2 Å². The van der Waals surface area contributed by atoms with Crippen molar-refractivity contribution in [3.63, 3.8) is 0 Å². The molecule has 0 unspecified atom stereocenters. The third-order valence-electron chi connectivity index (χ3n) is 5.27. The van der Waals surface area contributed by atoms with Crippen molar-refractivity contribution >= 4 is 28.5 Å². The Labute approximate surface area is 176 Å². The standard InChI is InChI=1S/C22H21F3N4O2/c1-13-7-8-16-17(10-13)28-19(27-16)18-6-3-9-29(18)21(31)20(30)26-15-5-2-4-14(11-15)12-22(23,24)25/h2,4-5,7-8,10-11,18H,3,6,9,12H2,1H3,(H,26,30)(H,27,28)/t18-/m1/s1. The van der Waals surface area contributed by atoms with Crippen LogP contribution in [0.4, 0.5) is 18.9 Å². The second-order valence-corrected chi connectivity index (χ2v) is 7.75. The summed E-state index contributed by atoms with van der Waals surface area (Å²) in [7, 11) is 0. The van der Waals surface area contributed by atoms with Crippen LogP contribution in [0.2, 0.25) is 0 Å². The van der Waals surface area contributed by atoms with Gasteiger partial charge >= 0.3 is 18.0 Å². The van der Waals surface area contributed by atoms with Gasteiger partial charge in [0.1, 0.15) is 5.82 Å². The molecule has 9 heteroatoms. The first-order valence-electron chi connectivity index (χ1n) is 9.93. The molecule has 3 aromatic rings. The van der Waals surface area contributed by atoms with E-state index in [0.29, 0.717) is 18.8 Å². The number of aromatic nitrogens is 2. The van der Waals surface area contributed by atoms with Gasteiger partial charge in [-0.15, -0.1) is 0 Å². The predicted octanol–water partition coefficient (Wildman–Crippen LogP) is 4.28. The first kappa shape index (κ1) is 20.9. The fourth-order valence-electron chi connectivity index (χ4n) is 3.90. The number of imidazole rings is 1. The zero-order valence-corrected chi connectivity index (χ0v) is 16.8. The van der Waals surface area contributed by atoms with Crippen LogP contribution in [0.3, 0.4) is 0 Å². The number of benzene rings is 2. The molecule has 2 amide bonds. The van der Waals surface area contributed by atoms with Gasteiger partial charge in [-0.05, 0) is 55.2 Å². The first-order chi connectivity index (χ1) is 14.7. The van der Waals surface area contributed by atoms with Crippen LogP contribution < -0.4 is 5.32 Å². The van der Waals surface area contributed by atoms with E-state index in [1.54, 1.807) is 0 Å². The monoisotopic (exact) mass is 430 g/mol. The Kier molecular flexibility index (Phi) is 5.43. The third-order valence-corrected chi connectivity index (χ3v) is 5.27. The lowest BCUT2D eigenvalue weighted by Gasteiger charge is -2.22. The number of nitrogens with one attached hydrogen (secondary N) is 2. The van der Waals surface area contributed by atoms with E-state index in [2.05, 4.69) is 15.3 Å². The number of halogens is 3. The number of anilines is 1. The van der Waals surface area contributed by atoms with Crippen LogP contribution in [0.25, 0.3) is 11.0 Å². The minimum Gasteiger partial charge on any atom is -0.340 e. The Morgan fingerprint density at radius 3 is 2.81 bits per heavy atom. The summed E-state index contributed by atoms with van der Waals surface area (Å²) in [5.41, 5.74) is 2.88. The molecule has 1 aliphatic rings. The van der Waals surface area contributed by atoms with Crippen LogP contribution in [-0.2, 0) is 16.0 Å². The molecule has 1 atom stereocenters. The molecule has 0 bridgehead atoms. The number of hydrogen-bond donors (Lipinski definition) is 2. The van der Waals surface area contributed by atoms with Crippen LogP contribution in [0.5, 0.6) is 0 Å². The highest BCUT2D eigenvalue weighted by Gasteiger charge is 2.35. The highest BCUT2D eigenvalue weighted by atomic mass is 19.4. The molecule has 0 aliphatic carbocycles. The van der Waals surface area contributed by atoms with E-state index in [0.717, 1.165) is 23.0 Å². The number of hydrogen-bond acceptors (Lipinski definition) is 3. The lowest BCUT2D eigenvalue weighted by Crippen LogP contribution is -2.39. The molecule has 1 aliphatic heterocycles. The molecule has 0 radical (unpaired) electrons. The topological polar surface area (TPSA) is 78.1 Å². The maximum atomic E-state index is 12.8. The van der Waals surface area contributed by atoms with Crippen molar-refractivity contribution in [1.82, 2.24) is 14.9 Å². The van der Waals surface area contributed by atoms with Gasteiger partial charge in [0.05, 0.1) is 23.5 Å². The number of fused-ring (bicyclic) bond motifs is 1. The third kappa shape index (κ3) is 4.70. The van der Waals surface area contributed by atoms with E-state index < -0.39 is 24.4 Å². The molecular formula is C22H21F3N4O2. The van der Waals surface area contributed by atoms with Gasteiger partial charge < -0.3 is 15.2 Å². The zero-order chi connectivity index (χ0) is 22.2. The molecule has 162 valence electrons. The summed E-state index contributed by atoms with van der Waals surface area (Å²) in [5, 5.41) is 2.42. The molecule has 6 nitrogen and oxygen atoms in total. The number of carbonyl (C=O) groups is 2. The van der Waals surface area contributed by atoms with Crippen LogP contribution in [0.15, 0.2) is 42.5 Å². The normalized spacial score (nSPS) is 16.6. The Morgan fingerprint density at radius 2 is 2.03 bits per heavy atom. The maximum Gasteiger partial charge on any atom is 0.393 e. The summed E-state index contributed by atoms with van der Waals surface area (Å²) in [6.45, 7) is 2.38. The van der Waals surface area contributed by atoms with Gasteiger partial charge in [0.15, 0.2) is 0 Å². The lowest BCUT2D eigenvalue weighted by molar-refractivity contribution is -0.143. The smallest absolute Gasteiger partial charge is 0.340 e. The van der Waals surface area contributed by atoms with Crippen molar-refractivity contribution in [3.8, 4) is 0 Å². The number of aryl methyl sites for hydroxylation is 1. The molecule has 1 saturated heterocycles. The van der Waals surface area contributed by atoms with E-state index in [4.69, 9.17) is 0 Å². The summed E-state index contributed by atoms with van der Waals surface area (Å²) in [6.07, 6.45) is -4.07. The van der Waals surface area contributed by atoms with Crippen LogP contribution >= 0.6 is 0 Å². The van der Waals surface area contributed by atoms with Gasteiger partial charge in [-0.25, -0.2) is 4.98 Å². The minimum atomic E-state index is -4.35. The Bertz CT molecular complexity index is 1140. The predicted molar refractivity (Wildman–Crippen MR) is 109 cm³/mol. The highest BCUT2D eigenvalue weighted by Crippen LogP contribution is 2.32. The Balaban J connectivity index is 1.49. The largest absolute Gasteiger partial charge is 0.393 e. The molecule has 0 spiro atoms. The number of H-pyrrole nitrogens is 1. The fourth-order valence-corrected chi connectivity index (χ4v) is 3.90. The molecule has 1 fully saturated rings. The number of nitrogens with zero attached hydrogens (tertiary/aromatic N) is 2. The number of likely N-dealkylation sites (tertiary alicyclic amines) is 1. The number of rotatable bonds is 3. The van der Waals surface area contributed by atoms with Gasteiger partial charge in [-0.2, -0.15) is 13.2 Å². The van der Waals surface area contributed by atoms with Crippen molar-refractivity contribution in [2.75, 3.05) is 11.9 Å². The van der Waals surface area contributed by atoms with Crippen molar-refractivity contribution in [3.05, 3.63) is 59.4 Å². The lowest BCUT2D eigenvalue weighted by atomic mass is 10.1. The van der Waals surface area contributed by atoms with Crippen LogP contribution in [0, 0.1) is 6.92 Å². The highest BCUT2D eigenvalue weighted by molar-refractivity contribution is 6.39. The van der Waals surface area contributed by atoms with E-state index >= 15 is 0 Å². The van der Waals surface area contributed by atoms with Gasteiger partial charge in [-0.3, -0.25) is 9.59 Å². The average Bonchev–Trinajstić information content (AvgIpc) is 3.32. The molecule has 2 N–H and O–H groups in total. The van der Waals surface area contributed by atoms with Crippen LogP contribution in [0.1, 0.15) is 35.8 Å². The summed E-state index contributed by atoms with van der Waals surface area (Å²) >= 11 is 0. The Morgan fingerprint density at radius 1 is 1.23 bits per heavy atom. The second-order valence-electron chi connectivity index (χ2n) is 7.75. The van der Waals surface area contributed by atoms with E-state index in [1.807, 2.05) is 25.1 Å². The summed E-state index contributed by atoms with van der Waals surface area (Å²) in [6, 6.07) is 10.9. The molecule has 2 aromatic carbocycles. The number of aromatic amines is 1.